The third kappa shape index (κ3) is 2.79. The van der Waals surface area contributed by atoms with Gasteiger partial charge in [0.25, 0.3) is 0 Å². The quantitative estimate of drug-likeness (QED) is 0.460. The van der Waals surface area contributed by atoms with E-state index in [1.165, 1.54) is 6.07 Å². The molecule has 24 heavy (non-hydrogen) atoms. The fraction of sp³-hybridized carbons (Fsp3) is 0. The van der Waals surface area contributed by atoms with Gasteiger partial charge in [-0.3, -0.25) is 4.79 Å². The van der Waals surface area contributed by atoms with Crippen LogP contribution in [-0.4, -0.2) is 20.2 Å². The Morgan fingerprint density at radius 3 is 2.62 bits per heavy atom. The lowest BCUT2D eigenvalue weighted by atomic mass is 10.1. The summed E-state index contributed by atoms with van der Waals surface area (Å²) in [6, 6.07) is 16.8. The zero-order chi connectivity index (χ0) is 16.7. The fourth-order valence-electron chi connectivity index (χ4n) is 2.54. The number of imidazole rings is 1. The Morgan fingerprint density at radius 1 is 1.08 bits per heavy atom. The van der Waals surface area contributed by atoms with Crippen LogP contribution in [0.3, 0.4) is 0 Å². The Balaban J connectivity index is 1.70. The highest BCUT2D eigenvalue weighted by Gasteiger charge is 2.16. The molecule has 0 radical (unpaired) electrons. The van der Waals surface area contributed by atoms with E-state index in [4.69, 9.17) is 0 Å². The summed E-state index contributed by atoms with van der Waals surface area (Å²) in [7, 11) is 0. The van der Waals surface area contributed by atoms with Gasteiger partial charge in [0.05, 0.1) is 16.6 Å². The lowest BCUT2D eigenvalue weighted by Gasteiger charge is -2.02. The number of fused-ring (bicyclic) bond motifs is 2. The SMILES string of the molecule is O=C(Sc1nc2cc3ccccc3cc2[nH]1)c1cc(Br)ccc1O. The summed E-state index contributed by atoms with van der Waals surface area (Å²) in [5, 5.41) is 12.3. The molecule has 0 aliphatic heterocycles. The molecule has 0 bridgehead atoms. The molecule has 4 aromatic rings. The maximum Gasteiger partial charge on any atom is 0.230 e. The first-order valence-electron chi connectivity index (χ1n) is 7.19. The monoisotopic (exact) mass is 398 g/mol. The first kappa shape index (κ1) is 15.2. The number of rotatable bonds is 2. The van der Waals surface area contributed by atoms with E-state index < -0.39 is 0 Å². The summed E-state index contributed by atoms with van der Waals surface area (Å²) in [5.41, 5.74) is 1.94. The van der Waals surface area contributed by atoms with E-state index >= 15 is 0 Å². The lowest BCUT2D eigenvalue weighted by Crippen LogP contribution is -1.94. The van der Waals surface area contributed by atoms with E-state index in [1.807, 2.05) is 36.4 Å². The second-order valence-corrected chi connectivity index (χ2v) is 7.19. The predicted octanol–water partition coefficient (Wildman–Crippen LogP) is 5.12. The van der Waals surface area contributed by atoms with E-state index in [-0.39, 0.29) is 16.4 Å². The van der Waals surface area contributed by atoms with E-state index in [0.717, 1.165) is 38.0 Å². The van der Waals surface area contributed by atoms with Gasteiger partial charge in [-0.1, -0.05) is 40.2 Å². The van der Waals surface area contributed by atoms with Crippen molar-refractivity contribution in [1.82, 2.24) is 9.97 Å². The molecule has 118 valence electrons. The molecule has 1 heterocycles. The molecule has 4 rings (SSSR count). The van der Waals surface area contributed by atoms with Crippen molar-refractivity contribution in [2.24, 2.45) is 0 Å². The van der Waals surface area contributed by atoms with Crippen molar-refractivity contribution in [2.75, 3.05) is 0 Å². The molecule has 0 saturated heterocycles. The highest BCUT2D eigenvalue weighted by molar-refractivity contribution is 9.10. The van der Waals surface area contributed by atoms with Crippen LogP contribution in [0.4, 0.5) is 0 Å². The Hall–Kier alpha value is -2.31. The van der Waals surface area contributed by atoms with Crippen LogP contribution < -0.4 is 0 Å². The van der Waals surface area contributed by atoms with Crippen molar-refractivity contribution in [3.63, 3.8) is 0 Å². The number of thioether (sulfide) groups is 1. The number of benzene rings is 3. The summed E-state index contributed by atoms with van der Waals surface area (Å²) >= 11 is 4.27. The van der Waals surface area contributed by atoms with Crippen LogP contribution in [0.15, 0.2) is 64.2 Å². The normalized spacial score (nSPS) is 11.2. The largest absolute Gasteiger partial charge is 0.507 e. The molecule has 2 N–H and O–H groups in total. The van der Waals surface area contributed by atoms with Gasteiger partial charge in [-0.2, -0.15) is 0 Å². The van der Waals surface area contributed by atoms with E-state index in [1.54, 1.807) is 12.1 Å². The summed E-state index contributed by atoms with van der Waals surface area (Å²) in [6.07, 6.45) is 0. The number of aromatic hydroxyl groups is 1. The molecule has 3 aromatic carbocycles. The Kier molecular flexibility index (Phi) is 3.78. The smallest absolute Gasteiger partial charge is 0.230 e. The number of halogens is 1. The number of phenols is 1. The van der Waals surface area contributed by atoms with E-state index in [9.17, 15) is 9.90 Å². The molecule has 0 atom stereocenters. The minimum absolute atomic E-state index is 0.0439. The molecule has 4 nitrogen and oxygen atoms in total. The van der Waals surface area contributed by atoms with Gasteiger partial charge in [-0.05, 0) is 52.9 Å². The van der Waals surface area contributed by atoms with E-state index in [0.29, 0.717) is 5.16 Å². The number of carbonyl (C=O) groups excluding carboxylic acids is 1. The summed E-state index contributed by atoms with van der Waals surface area (Å²) < 4.78 is 0.736. The van der Waals surface area contributed by atoms with Gasteiger partial charge in [-0.15, -0.1) is 0 Å². The van der Waals surface area contributed by atoms with Crippen LogP contribution in [0.1, 0.15) is 10.4 Å². The molecule has 0 saturated carbocycles. The molecule has 0 aliphatic carbocycles. The predicted molar refractivity (Wildman–Crippen MR) is 99.6 cm³/mol. The maximum atomic E-state index is 12.4. The minimum atomic E-state index is -0.266. The second-order valence-electron chi connectivity index (χ2n) is 5.31. The highest BCUT2D eigenvalue weighted by atomic mass is 79.9. The number of nitrogens with one attached hydrogen (secondary N) is 1. The van der Waals surface area contributed by atoms with Crippen molar-refractivity contribution < 1.29 is 9.90 Å². The Morgan fingerprint density at radius 2 is 1.83 bits per heavy atom. The molecule has 6 heteroatoms. The number of nitrogens with zero attached hydrogens (tertiary/aromatic N) is 1. The van der Waals surface area contributed by atoms with Crippen LogP contribution in [0, 0.1) is 0 Å². The molecule has 0 unspecified atom stereocenters. The van der Waals surface area contributed by atoms with Gasteiger partial charge >= 0.3 is 0 Å². The summed E-state index contributed by atoms with van der Waals surface area (Å²) in [5.74, 6) is -0.0439. The van der Waals surface area contributed by atoms with Crippen molar-refractivity contribution >= 4 is 54.6 Å². The van der Waals surface area contributed by atoms with Crippen molar-refractivity contribution in [2.45, 2.75) is 5.16 Å². The minimum Gasteiger partial charge on any atom is -0.507 e. The first-order valence-corrected chi connectivity index (χ1v) is 8.80. The highest BCUT2D eigenvalue weighted by Crippen LogP contribution is 2.30. The standard InChI is InChI=1S/C18H11BrN2O2S/c19-12-5-6-16(22)13(9-12)17(23)24-18-20-14-7-10-3-1-2-4-11(10)8-15(14)21-18/h1-9,22H,(H,20,21). The average molecular weight is 399 g/mol. The molecule has 0 aliphatic rings. The van der Waals surface area contributed by atoms with E-state index in [2.05, 4.69) is 25.9 Å². The van der Waals surface area contributed by atoms with Gasteiger partial charge in [0, 0.05) is 4.47 Å². The molecule has 0 fully saturated rings. The van der Waals surface area contributed by atoms with Crippen LogP contribution in [0.2, 0.25) is 0 Å². The number of hydrogen-bond donors (Lipinski definition) is 2. The van der Waals surface area contributed by atoms with Crippen LogP contribution in [0.25, 0.3) is 21.8 Å². The number of aromatic amines is 1. The molecular formula is C18H11BrN2O2S. The summed E-state index contributed by atoms with van der Waals surface area (Å²) in [6.45, 7) is 0. The lowest BCUT2D eigenvalue weighted by molar-refractivity contribution is 0.108. The maximum absolute atomic E-state index is 12.4. The van der Waals surface area contributed by atoms with Gasteiger partial charge in [0.2, 0.25) is 5.12 Å². The van der Waals surface area contributed by atoms with Gasteiger partial charge in [0.1, 0.15) is 5.75 Å². The third-order valence-electron chi connectivity index (χ3n) is 3.70. The molecule has 1 aromatic heterocycles. The number of H-pyrrole nitrogens is 1. The van der Waals surface area contributed by atoms with Crippen LogP contribution >= 0.6 is 27.7 Å². The van der Waals surface area contributed by atoms with Gasteiger partial charge < -0.3 is 10.1 Å². The van der Waals surface area contributed by atoms with Crippen molar-refractivity contribution in [1.29, 1.82) is 0 Å². The first-order chi connectivity index (χ1) is 11.6. The number of phenolic OH excluding ortho intramolecular Hbond substituents is 1. The van der Waals surface area contributed by atoms with Gasteiger partial charge in [-0.25, -0.2) is 4.98 Å². The Bertz CT molecular complexity index is 1040. The number of carbonyl (C=O) groups is 1. The number of aromatic nitrogens is 2. The third-order valence-corrected chi connectivity index (χ3v) is 4.98. The summed E-state index contributed by atoms with van der Waals surface area (Å²) in [4.78, 5) is 20.1. The van der Waals surface area contributed by atoms with Crippen molar-refractivity contribution in [3.05, 3.63) is 64.6 Å². The fourth-order valence-corrected chi connectivity index (χ4v) is 3.65. The van der Waals surface area contributed by atoms with Crippen molar-refractivity contribution in [3.8, 4) is 5.75 Å². The van der Waals surface area contributed by atoms with Gasteiger partial charge in [0.15, 0.2) is 5.16 Å². The van der Waals surface area contributed by atoms with Crippen LogP contribution in [0.5, 0.6) is 5.75 Å². The Labute approximate surface area is 150 Å². The second kappa shape index (κ2) is 5.96. The average Bonchev–Trinajstić information content (AvgIpc) is 2.95. The topological polar surface area (TPSA) is 66.0 Å². The molecule has 0 spiro atoms. The number of hydrogen-bond acceptors (Lipinski definition) is 4. The van der Waals surface area contributed by atoms with Crippen LogP contribution in [-0.2, 0) is 0 Å². The zero-order valence-electron chi connectivity index (χ0n) is 12.3. The molecule has 0 amide bonds. The zero-order valence-corrected chi connectivity index (χ0v) is 14.7. The molecular weight excluding hydrogens is 388 g/mol.